The monoisotopic (exact) mass is 336 g/mol. The summed E-state index contributed by atoms with van der Waals surface area (Å²) in [4.78, 5) is 3.80. The third-order valence-corrected chi connectivity index (χ3v) is 5.39. The molecule has 0 unspecified atom stereocenters. The van der Waals surface area contributed by atoms with Crippen molar-refractivity contribution in [1.82, 2.24) is 0 Å². The van der Waals surface area contributed by atoms with E-state index in [9.17, 15) is 0 Å². The van der Waals surface area contributed by atoms with Gasteiger partial charge in [0.2, 0.25) is 0 Å². The lowest BCUT2D eigenvalue weighted by atomic mass is 10.2. The highest BCUT2D eigenvalue weighted by Gasteiger charge is 2.12. The van der Waals surface area contributed by atoms with Crippen LogP contribution in [0, 0.1) is 0 Å². The Hall–Kier alpha value is -1.00. The molecule has 4 heteroatoms. The smallest absolute Gasteiger partial charge is 0.0505 e. The molecule has 1 saturated heterocycles. The fourth-order valence-corrected chi connectivity index (χ4v) is 3.85. The molecule has 0 spiro atoms. The highest BCUT2D eigenvalue weighted by molar-refractivity contribution is 9.10. The summed E-state index contributed by atoms with van der Waals surface area (Å²) in [5.41, 5.74) is 2.54. The van der Waals surface area contributed by atoms with Gasteiger partial charge in [-0.15, -0.1) is 11.3 Å². The van der Waals surface area contributed by atoms with E-state index in [2.05, 4.69) is 61.9 Å². The summed E-state index contributed by atoms with van der Waals surface area (Å²) >= 11 is 5.35. The van der Waals surface area contributed by atoms with Crippen LogP contribution in [0.2, 0.25) is 0 Å². The van der Waals surface area contributed by atoms with Gasteiger partial charge in [0.15, 0.2) is 0 Å². The third-order valence-electron chi connectivity index (χ3n) is 3.46. The van der Waals surface area contributed by atoms with Crippen LogP contribution in [0.4, 0.5) is 11.4 Å². The van der Waals surface area contributed by atoms with Crippen molar-refractivity contribution < 1.29 is 0 Å². The van der Waals surface area contributed by atoms with Gasteiger partial charge in [-0.05, 0) is 58.4 Å². The molecule has 2 nitrogen and oxygen atoms in total. The molecule has 2 heterocycles. The van der Waals surface area contributed by atoms with Crippen LogP contribution < -0.4 is 10.2 Å². The normalized spacial score (nSPS) is 14.9. The van der Waals surface area contributed by atoms with Gasteiger partial charge in [0.1, 0.15) is 0 Å². The Morgan fingerprint density at radius 2 is 2.05 bits per heavy atom. The SMILES string of the molecule is Brc1ccsc1CNc1cccc(N2CCCC2)c1. The van der Waals surface area contributed by atoms with Crippen LogP contribution >= 0.6 is 27.3 Å². The van der Waals surface area contributed by atoms with E-state index >= 15 is 0 Å². The molecule has 0 aliphatic carbocycles. The van der Waals surface area contributed by atoms with Crippen molar-refractivity contribution in [3.05, 3.63) is 45.1 Å². The van der Waals surface area contributed by atoms with Gasteiger partial charge in [0, 0.05) is 33.8 Å². The van der Waals surface area contributed by atoms with Crippen molar-refractivity contribution in [3.8, 4) is 0 Å². The van der Waals surface area contributed by atoms with Crippen molar-refractivity contribution in [1.29, 1.82) is 0 Å². The molecule has 3 rings (SSSR count). The van der Waals surface area contributed by atoms with E-state index in [1.165, 1.54) is 46.7 Å². The van der Waals surface area contributed by atoms with E-state index in [4.69, 9.17) is 0 Å². The second kappa shape index (κ2) is 5.97. The van der Waals surface area contributed by atoms with Gasteiger partial charge in [0.25, 0.3) is 0 Å². The van der Waals surface area contributed by atoms with Gasteiger partial charge in [-0.3, -0.25) is 0 Å². The first kappa shape index (κ1) is 13.0. The molecular weight excluding hydrogens is 320 g/mol. The van der Waals surface area contributed by atoms with Crippen molar-refractivity contribution >= 4 is 38.6 Å². The maximum Gasteiger partial charge on any atom is 0.0505 e. The second-order valence-electron chi connectivity index (χ2n) is 4.79. The number of thiophene rings is 1. The summed E-state index contributed by atoms with van der Waals surface area (Å²) in [6, 6.07) is 10.8. The number of hydrogen-bond donors (Lipinski definition) is 1. The van der Waals surface area contributed by atoms with Crippen molar-refractivity contribution in [3.63, 3.8) is 0 Å². The van der Waals surface area contributed by atoms with Gasteiger partial charge in [0.05, 0.1) is 6.54 Å². The van der Waals surface area contributed by atoms with E-state index in [1.807, 2.05) is 0 Å². The predicted molar refractivity (Wildman–Crippen MR) is 87.2 cm³/mol. The minimum absolute atomic E-state index is 0.877. The zero-order valence-corrected chi connectivity index (χ0v) is 13.1. The average Bonchev–Trinajstić information content (AvgIpc) is 3.08. The Bertz CT molecular complexity index is 547. The van der Waals surface area contributed by atoms with Crippen LogP contribution in [-0.2, 0) is 6.54 Å². The average molecular weight is 337 g/mol. The predicted octanol–water partition coefficient (Wildman–Crippen LogP) is 4.72. The molecule has 100 valence electrons. The third kappa shape index (κ3) is 3.12. The fraction of sp³-hybridized carbons (Fsp3) is 0.333. The Labute approximate surface area is 126 Å². The lowest BCUT2D eigenvalue weighted by Gasteiger charge is -2.18. The summed E-state index contributed by atoms with van der Waals surface area (Å²) in [7, 11) is 0. The first-order valence-corrected chi connectivity index (χ1v) is 8.31. The maximum atomic E-state index is 3.57. The fourth-order valence-electron chi connectivity index (χ4n) is 2.42. The largest absolute Gasteiger partial charge is 0.380 e. The molecule has 1 N–H and O–H groups in total. The van der Waals surface area contributed by atoms with E-state index in [0.717, 1.165) is 6.54 Å². The number of nitrogens with zero attached hydrogens (tertiary/aromatic N) is 1. The van der Waals surface area contributed by atoms with Crippen LogP contribution in [0.15, 0.2) is 40.2 Å². The summed E-state index contributed by atoms with van der Waals surface area (Å²) in [5, 5.41) is 5.62. The van der Waals surface area contributed by atoms with Crippen molar-refractivity contribution in [2.75, 3.05) is 23.3 Å². The number of halogens is 1. The Morgan fingerprint density at radius 1 is 1.21 bits per heavy atom. The molecule has 0 saturated carbocycles. The quantitative estimate of drug-likeness (QED) is 0.868. The minimum atomic E-state index is 0.877. The van der Waals surface area contributed by atoms with Gasteiger partial charge in [-0.25, -0.2) is 0 Å². The highest BCUT2D eigenvalue weighted by atomic mass is 79.9. The molecular formula is C15H17BrN2S. The topological polar surface area (TPSA) is 15.3 Å². The van der Waals surface area contributed by atoms with Gasteiger partial charge in [-0.1, -0.05) is 6.07 Å². The molecule has 0 radical (unpaired) electrons. The molecule has 0 bridgehead atoms. The zero-order valence-electron chi connectivity index (χ0n) is 10.7. The summed E-state index contributed by atoms with van der Waals surface area (Å²) in [6.45, 7) is 3.27. The minimum Gasteiger partial charge on any atom is -0.380 e. The maximum absolute atomic E-state index is 3.57. The second-order valence-corrected chi connectivity index (χ2v) is 6.64. The van der Waals surface area contributed by atoms with E-state index in [-0.39, 0.29) is 0 Å². The summed E-state index contributed by atoms with van der Waals surface area (Å²) in [6.07, 6.45) is 2.64. The lowest BCUT2D eigenvalue weighted by Crippen LogP contribution is -2.17. The molecule has 2 aromatic rings. The highest BCUT2D eigenvalue weighted by Crippen LogP contribution is 2.26. The Kier molecular flexibility index (Phi) is 4.09. The Morgan fingerprint density at radius 3 is 2.79 bits per heavy atom. The molecule has 0 amide bonds. The molecule has 1 aromatic heterocycles. The number of nitrogens with one attached hydrogen (secondary N) is 1. The molecule has 1 aromatic carbocycles. The van der Waals surface area contributed by atoms with E-state index < -0.39 is 0 Å². The van der Waals surface area contributed by atoms with Gasteiger partial charge >= 0.3 is 0 Å². The van der Waals surface area contributed by atoms with Crippen molar-refractivity contribution in [2.45, 2.75) is 19.4 Å². The van der Waals surface area contributed by atoms with Gasteiger partial charge in [-0.2, -0.15) is 0 Å². The van der Waals surface area contributed by atoms with Crippen molar-refractivity contribution in [2.24, 2.45) is 0 Å². The standard InChI is InChI=1S/C15H17BrN2S/c16-14-6-9-19-15(14)11-17-12-4-3-5-13(10-12)18-7-1-2-8-18/h3-6,9-10,17H,1-2,7-8,11H2. The molecule has 1 aliphatic rings. The molecule has 1 fully saturated rings. The summed E-state index contributed by atoms with van der Waals surface area (Å²) < 4.78 is 1.20. The molecule has 0 atom stereocenters. The number of anilines is 2. The number of rotatable bonds is 4. The molecule has 19 heavy (non-hydrogen) atoms. The Balaban J connectivity index is 1.67. The van der Waals surface area contributed by atoms with Crippen LogP contribution in [0.1, 0.15) is 17.7 Å². The summed E-state index contributed by atoms with van der Waals surface area (Å²) in [5.74, 6) is 0. The van der Waals surface area contributed by atoms with Crippen LogP contribution in [0.25, 0.3) is 0 Å². The first-order valence-electron chi connectivity index (χ1n) is 6.64. The first-order chi connectivity index (χ1) is 9.33. The van der Waals surface area contributed by atoms with Crippen LogP contribution in [-0.4, -0.2) is 13.1 Å². The van der Waals surface area contributed by atoms with Crippen LogP contribution in [0.3, 0.4) is 0 Å². The van der Waals surface area contributed by atoms with E-state index in [1.54, 1.807) is 11.3 Å². The lowest BCUT2D eigenvalue weighted by molar-refractivity contribution is 0.949. The van der Waals surface area contributed by atoms with E-state index in [0.29, 0.717) is 0 Å². The van der Waals surface area contributed by atoms with Crippen LogP contribution in [0.5, 0.6) is 0 Å². The number of hydrogen-bond acceptors (Lipinski definition) is 3. The zero-order chi connectivity index (χ0) is 13.1. The number of benzene rings is 1. The van der Waals surface area contributed by atoms with Gasteiger partial charge < -0.3 is 10.2 Å². The molecule has 1 aliphatic heterocycles.